The van der Waals surface area contributed by atoms with Gasteiger partial charge in [0.25, 0.3) is 5.91 Å². The van der Waals surface area contributed by atoms with E-state index in [1.807, 2.05) is 35.2 Å². The molecule has 0 unspecified atom stereocenters. The van der Waals surface area contributed by atoms with Crippen molar-refractivity contribution < 1.29 is 19.1 Å². The van der Waals surface area contributed by atoms with E-state index in [1.165, 1.54) is 0 Å². The Kier molecular flexibility index (Phi) is 6.53. The van der Waals surface area contributed by atoms with Gasteiger partial charge in [-0.3, -0.25) is 9.59 Å². The molecule has 3 rings (SSSR count). The molecular weight excluding hydrogens is 356 g/mol. The van der Waals surface area contributed by atoms with Crippen molar-refractivity contribution in [3.8, 4) is 11.5 Å². The van der Waals surface area contributed by atoms with Crippen molar-refractivity contribution in [2.75, 3.05) is 30.5 Å². The molecule has 1 heterocycles. The summed E-state index contributed by atoms with van der Waals surface area (Å²) in [5, 5.41) is 2.86. The van der Waals surface area contributed by atoms with Gasteiger partial charge < -0.3 is 19.7 Å². The topological polar surface area (TPSA) is 67.9 Å². The van der Waals surface area contributed by atoms with Gasteiger partial charge in [-0.1, -0.05) is 25.5 Å². The van der Waals surface area contributed by atoms with E-state index < -0.39 is 0 Å². The molecule has 6 nitrogen and oxygen atoms in total. The van der Waals surface area contributed by atoms with E-state index in [0.717, 1.165) is 30.6 Å². The van der Waals surface area contributed by atoms with E-state index in [4.69, 9.17) is 9.47 Å². The minimum absolute atomic E-state index is 0.113. The molecule has 0 radical (unpaired) electrons. The normalized spacial score (nSPS) is 13.1. The number of rotatable bonds is 8. The highest BCUT2D eigenvalue weighted by Crippen LogP contribution is 2.31. The van der Waals surface area contributed by atoms with Crippen molar-refractivity contribution in [2.45, 2.75) is 32.6 Å². The summed E-state index contributed by atoms with van der Waals surface area (Å²) in [4.78, 5) is 26.4. The van der Waals surface area contributed by atoms with Crippen molar-refractivity contribution in [2.24, 2.45) is 0 Å². The number of benzene rings is 2. The molecule has 0 aromatic heterocycles. The third-order valence-corrected chi connectivity index (χ3v) is 4.73. The van der Waals surface area contributed by atoms with Crippen molar-refractivity contribution in [1.29, 1.82) is 0 Å². The van der Waals surface area contributed by atoms with Crippen LogP contribution >= 0.6 is 0 Å². The minimum atomic E-state index is -0.249. The first-order valence-electron chi connectivity index (χ1n) is 9.61. The van der Waals surface area contributed by atoms with Crippen LogP contribution in [0, 0.1) is 0 Å². The molecule has 6 heteroatoms. The molecule has 2 aromatic rings. The average molecular weight is 382 g/mol. The van der Waals surface area contributed by atoms with Crippen LogP contribution in [0.2, 0.25) is 0 Å². The molecule has 0 saturated heterocycles. The molecule has 1 N–H and O–H groups in total. The maximum atomic E-state index is 12.3. The van der Waals surface area contributed by atoms with E-state index >= 15 is 0 Å². The summed E-state index contributed by atoms with van der Waals surface area (Å²) in [5.74, 6) is 1.03. The quantitative estimate of drug-likeness (QED) is 0.754. The van der Waals surface area contributed by atoms with Crippen molar-refractivity contribution in [1.82, 2.24) is 0 Å². The molecule has 0 fully saturated rings. The van der Waals surface area contributed by atoms with E-state index in [1.54, 1.807) is 19.2 Å². The highest BCUT2D eigenvalue weighted by Gasteiger charge is 2.23. The van der Waals surface area contributed by atoms with Gasteiger partial charge in [0.15, 0.2) is 18.1 Å². The lowest BCUT2D eigenvalue weighted by Crippen LogP contribution is -2.35. The second-order valence-corrected chi connectivity index (χ2v) is 6.73. The molecule has 2 aromatic carbocycles. The van der Waals surface area contributed by atoms with Gasteiger partial charge in [-0.05, 0) is 48.7 Å². The van der Waals surface area contributed by atoms with Gasteiger partial charge in [-0.15, -0.1) is 0 Å². The molecule has 1 aliphatic heterocycles. The fraction of sp³-hybridized carbons (Fsp3) is 0.364. The molecule has 0 saturated carbocycles. The van der Waals surface area contributed by atoms with Crippen LogP contribution in [0.1, 0.15) is 31.7 Å². The number of aryl methyl sites for hydroxylation is 1. The number of carbonyl (C=O) groups excluding carboxylic acids is 2. The zero-order chi connectivity index (χ0) is 19.9. The lowest BCUT2D eigenvalue weighted by atomic mass is 10.00. The summed E-state index contributed by atoms with van der Waals surface area (Å²) in [5.41, 5.74) is 2.74. The average Bonchev–Trinajstić information content (AvgIpc) is 2.72. The van der Waals surface area contributed by atoms with Crippen LogP contribution in [0.3, 0.4) is 0 Å². The van der Waals surface area contributed by atoms with Gasteiger partial charge in [0, 0.05) is 24.3 Å². The molecule has 148 valence electrons. The molecule has 2 amide bonds. The van der Waals surface area contributed by atoms with Gasteiger partial charge in [0.05, 0.1) is 7.11 Å². The summed E-state index contributed by atoms with van der Waals surface area (Å²) in [7, 11) is 1.56. The molecule has 0 atom stereocenters. The van der Waals surface area contributed by atoms with Crippen molar-refractivity contribution in [3.05, 3.63) is 48.0 Å². The fourth-order valence-corrected chi connectivity index (χ4v) is 3.28. The van der Waals surface area contributed by atoms with E-state index in [2.05, 4.69) is 12.2 Å². The van der Waals surface area contributed by atoms with Gasteiger partial charge in [0.1, 0.15) is 0 Å². The number of nitrogens with zero attached hydrogens (tertiary/aromatic N) is 1. The Hall–Kier alpha value is -3.02. The van der Waals surface area contributed by atoms with Gasteiger partial charge >= 0.3 is 0 Å². The second kappa shape index (κ2) is 9.26. The van der Waals surface area contributed by atoms with Crippen LogP contribution in [-0.2, 0) is 16.0 Å². The Morgan fingerprint density at radius 1 is 1.14 bits per heavy atom. The first-order chi connectivity index (χ1) is 13.6. The molecule has 0 spiro atoms. The van der Waals surface area contributed by atoms with Crippen LogP contribution in [-0.4, -0.2) is 32.1 Å². The first-order valence-corrected chi connectivity index (χ1v) is 9.61. The third kappa shape index (κ3) is 4.63. The number of nitrogens with one attached hydrogen (secondary N) is 1. The van der Waals surface area contributed by atoms with E-state index in [-0.39, 0.29) is 18.4 Å². The second-order valence-electron chi connectivity index (χ2n) is 6.73. The largest absolute Gasteiger partial charge is 0.493 e. The summed E-state index contributed by atoms with van der Waals surface area (Å²) in [6.45, 7) is 2.74. The Balaban J connectivity index is 1.63. The zero-order valence-corrected chi connectivity index (χ0v) is 16.4. The first kappa shape index (κ1) is 19.7. The zero-order valence-electron chi connectivity index (χ0n) is 16.4. The highest BCUT2D eigenvalue weighted by atomic mass is 16.5. The van der Waals surface area contributed by atoms with Crippen LogP contribution in [0.25, 0.3) is 0 Å². The SMILES string of the molecule is CCCCN1C(=O)CCc2cc(NC(=O)COc3ccccc3OC)ccc21. The van der Waals surface area contributed by atoms with Crippen LogP contribution in [0.15, 0.2) is 42.5 Å². The maximum Gasteiger partial charge on any atom is 0.262 e. The number of carbonyl (C=O) groups is 2. The number of ether oxygens (including phenoxy) is 2. The number of hydrogen-bond donors (Lipinski definition) is 1. The highest BCUT2D eigenvalue weighted by molar-refractivity contribution is 5.97. The lowest BCUT2D eigenvalue weighted by molar-refractivity contribution is -0.119. The third-order valence-electron chi connectivity index (χ3n) is 4.73. The predicted molar refractivity (Wildman–Crippen MR) is 109 cm³/mol. The molecule has 1 aliphatic rings. The molecule has 28 heavy (non-hydrogen) atoms. The fourth-order valence-electron chi connectivity index (χ4n) is 3.28. The van der Waals surface area contributed by atoms with Gasteiger partial charge in [-0.25, -0.2) is 0 Å². The molecular formula is C22H26N2O4. The Morgan fingerprint density at radius 3 is 2.68 bits per heavy atom. The van der Waals surface area contributed by atoms with Crippen molar-refractivity contribution >= 4 is 23.2 Å². The Morgan fingerprint density at radius 2 is 1.93 bits per heavy atom. The number of anilines is 2. The summed E-state index contributed by atoms with van der Waals surface area (Å²) >= 11 is 0. The standard InChI is InChI=1S/C22H26N2O4/c1-3-4-13-24-18-11-10-17(14-16(18)9-12-22(24)26)23-21(25)15-28-20-8-6-5-7-19(20)27-2/h5-8,10-11,14H,3-4,9,12-13,15H2,1-2H3,(H,23,25). The number of amides is 2. The predicted octanol–water partition coefficient (Wildman–Crippen LogP) is 3.79. The van der Waals surface area contributed by atoms with Crippen LogP contribution in [0.5, 0.6) is 11.5 Å². The van der Waals surface area contributed by atoms with E-state index in [0.29, 0.717) is 30.0 Å². The number of para-hydroxylation sites is 2. The molecule has 0 aliphatic carbocycles. The maximum absolute atomic E-state index is 12.3. The van der Waals surface area contributed by atoms with Gasteiger partial charge in [-0.2, -0.15) is 0 Å². The van der Waals surface area contributed by atoms with Crippen LogP contribution in [0.4, 0.5) is 11.4 Å². The Bertz CT molecular complexity index is 850. The smallest absolute Gasteiger partial charge is 0.262 e. The Labute approximate surface area is 165 Å². The molecule has 0 bridgehead atoms. The van der Waals surface area contributed by atoms with Crippen LogP contribution < -0.4 is 19.7 Å². The monoisotopic (exact) mass is 382 g/mol. The number of methoxy groups -OCH3 is 1. The summed E-state index contributed by atoms with van der Waals surface area (Å²) in [6.07, 6.45) is 3.21. The summed E-state index contributed by atoms with van der Waals surface area (Å²) in [6, 6.07) is 12.9. The number of hydrogen-bond acceptors (Lipinski definition) is 4. The summed E-state index contributed by atoms with van der Waals surface area (Å²) < 4.78 is 10.8. The van der Waals surface area contributed by atoms with E-state index in [9.17, 15) is 9.59 Å². The van der Waals surface area contributed by atoms with Gasteiger partial charge in [0.2, 0.25) is 5.91 Å². The number of unbranched alkanes of at least 4 members (excludes halogenated alkanes) is 1. The van der Waals surface area contributed by atoms with Crippen molar-refractivity contribution in [3.63, 3.8) is 0 Å². The lowest BCUT2D eigenvalue weighted by Gasteiger charge is -2.29. The minimum Gasteiger partial charge on any atom is -0.493 e. The number of fused-ring (bicyclic) bond motifs is 1.